The number of sulfonamides is 1. The number of hydrogen-bond donors (Lipinski definition) is 0. The van der Waals surface area contributed by atoms with Crippen molar-refractivity contribution in [3.8, 4) is 0 Å². The van der Waals surface area contributed by atoms with E-state index in [0.717, 1.165) is 12.8 Å². The summed E-state index contributed by atoms with van der Waals surface area (Å²) in [6.07, 6.45) is 4.60. The summed E-state index contributed by atoms with van der Waals surface area (Å²) < 4.78 is 36.7. The third-order valence-corrected chi connectivity index (χ3v) is 6.42. The molecule has 29 heavy (non-hydrogen) atoms. The number of likely N-dealkylation sites (N-methyl/N-ethyl adjacent to an activating group) is 1. The van der Waals surface area contributed by atoms with Crippen LogP contribution in [0.15, 0.2) is 35.2 Å². The highest BCUT2D eigenvalue weighted by Crippen LogP contribution is 2.18. The molecule has 1 aromatic rings. The zero-order valence-corrected chi connectivity index (χ0v) is 17.7. The second-order valence-corrected chi connectivity index (χ2v) is 8.63. The van der Waals surface area contributed by atoms with Crippen molar-refractivity contribution in [2.45, 2.75) is 24.7 Å². The van der Waals surface area contributed by atoms with Crippen molar-refractivity contribution in [1.82, 2.24) is 9.21 Å². The second-order valence-electron chi connectivity index (χ2n) is 6.70. The SMILES string of the molecule is CCCCN(C)C(=O)COC(=O)/C=C/c1ccc(S(=O)(=O)N2CCOCC2)cc1. The number of esters is 1. The molecule has 0 aromatic heterocycles. The van der Waals surface area contributed by atoms with Crippen molar-refractivity contribution in [2.75, 3.05) is 46.5 Å². The van der Waals surface area contributed by atoms with E-state index in [1.165, 1.54) is 33.5 Å². The van der Waals surface area contributed by atoms with Crippen LogP contribution in [0.1, 0.15) is 25.3 Å². The van der Waals surface area contributed by atoms with E-state index >= 15 is 0 Å². The lowest BCUT2D eigenvalue weighted by atomic mass is 10.2. The van der Waals surface area contributed by atoms with Gasteiger partial charge in [-0.2, -0.15) is 4.31 Å². The standard InChI is InChI=1S/C20H28N2O6S/c1-3-4-11-21(2)19(23)16-28-20(24)10-7-17-5-8-18(9-6-17)29(25,26)22-12-14-27-15-13-22/h5-10H,3-4,11-16H2,1-2H3/b10-7+. The van der Waals surface area contributed by atoms with E-state index in [0.29, 0.717) is 38.4 Å². The van der Waals surface area contributed by atoms with Crippen molar-refractivity contribution in [2.24, 2.45) is 0 Å². The van der Waals surface area contributed by atoms with Gasteiger partial charge in [-0.15, -0.1) is 0 Å². The molecule has 0 spiro atoms. The van der Waals surface area contributed by atoms with Gasteiger partial charge in [0.25, 0.3) is 5.91 Å². The molecule has 1 aliphatic rings. The molecule has 0 radical (unpaired) electrons. The van der Waals surface area contributed by atoms with Crippen LogP contribution in [-0.4, -0.2) is 76.0 Å². The van der Waals surface area contributed by atoms with Crippen molar-refractivity contribution < 1.29 is 27.5 Å². The number of benzene rings is 1. The Labute approximate surface area is 172 Å². The molecular weight excluding hydrogens is 396 g/mol. The highest BCUT2D eigenvalue weighted by molar-refractivity contribution is 7.89. The van der Waals surface area contributed by atoms with Crippen LogP contribution in [0.3, 0.4) is 0 Å². The molecule has 2 rings (SSSR count). The van der Waals surface area contributed by atoms with Crippen molar-refractivity contribution in [3.05, 3.63) is 35.9 Å². The first-order valence-electron chi connectivity index (χ1n) is 9.61. The Morgan fingerprint density at radius 3 is 2.48 bits per heavy atom. The highest BCUT2D eigenvalue weighted by atomic mass is 32.2. The molecule has 1 heterocycles. The van der Waals surface area contributed by atoms with Crippen molar-refractivity contribution in [1.29, 1.82) is 0 Å². The minimum Gasteiger partial charge on any atom is -0.452 e. The maximum Gasteiger partial charge on any atom is 0.331 e. The van der Waals surface area contributed by atoms with E-state index < -0.39 is 16.0 Å². The number of carbonyl (C=O) groups is 2. The van der Waals surface area contributed by atoms with E-state index in [9.17, 15) is 18.0 Å². The van der Waals surface area contributed by atoms with Crippen molar-refractivity contribution >= 4 is 28.0 Å². The lowest BCUT2D eigenvalue weighted by Gasteiger charge is -2.26. The van der Waals surface area contributed by atoms with Crippen LogP contribution in [0.4, 0.5) is 0 Å². The van der Waals surface area contributed by atoms with E-state index in [1.807, 2.05) is 6.92 Å². The van der Waals surface area contributed by atoms with Crippen LogP contribution < -0.4 is 0 Å². The Hall–Kier alpha value is -2.23. The molecule has 0 atom stereocenters. The van der Waals surface area contributed by atoms with Crippen LogP contribution in [0.5, 0.6) is 0 Å². The average molecular weight is 425 g/mol. The minimum atomic E-state index is -3.55. The van der Waals surface area contributed by atoms with Crippen LogP contribution in [0.25, 0.3) is 6.08 Å². The van der Waals surface area contributed by atoms with Gasteiger partial charge in [-0.3, -0.25) is 4.79 Å². The van der Waals surface area contributed by atoms with Crippen molar-refractivity contribution in [3.63, 3.8) is 0 Å². The molecule has 9 heteroatoms. The fraction of sp³-hybridized carbons (Fsp3) is 0.500. The zero-order valence-electron chi connectivity index (χ0n) is 16.9. The second kappa shape index (κ2) is 11.1. The molecule has 0 unspecified atom stereocenters. The lowest BCUT2D eigenvalue weighted by molar-refractivity contribution is -0.147. The number of nitrogens with zero attached hydrogens (tertiary/aromatic N) is 2. The summed E-state index contributed by atoms with van der Waals surface area (Å²) in [5.74, 6) is -0.884. The number of carbonyl (C=O) groups excluding carboxylic acids is 2. The largest absolute Gasteiger partial charge is 0.452 e. The number of unbranched alkanes of at least 4 members (excludes halogenated alkanes) is 1. The molecule has 0 aliphatic carbocycles. The average Bonchev–Trinajstić information content (AvgIpc) is 2.75. The van der Waals surface area contributed by atoms with Gasteiger partial charge in [-0.1, -0.05) is 25.5 Å². The zero-order chi connectivity index (χ0) is 21.3. The third kappa shape index (κ3) is 6.95. The fourth-order valence-electron chi connectivity index (χ4n) is 2.66. The van der Waals surface area contributed by atoms with Crippen LogP contribution >= 0.6 is 0 Å². The topological polar surface area (TPSA) is 93.2 Å². The molecule has 0 bridgehead atoms. The third-order valence-electron chi connectivity index (χ3n) is 4.51. The van der Waals surface area contributed by atoms with Crippen LogP contribution in [0, 0.1) is 0 Å². The normalized spacial score (nSPS) is 15.4. The Kier molecular flexibility index (Phi) is 8.81. The van der Waals surface area contributed by atoms with Gasteiger partial charge < -0.3 is 14.4 Å². The van der Waals surface area contributed by atoms with E-state index in [2.05, 4.69) is 0 Å². The first-order valence-corrected chi connectivity index (χ1v) is 11.1. The minimum absolute atomic E-state index is 0.194. The molecule has 1 fully saturated rings. The monoisotopic (exact) mass is 424 g/mol. The quantitative estimate of drug-likeness (QED) is 0.441. The molecule has 1 aromatic carbocycles. The van der Waals surface area contributed by atoms with Gasteiger partial charge in [0.15, 0.2) is 6.61 Å². The number of amides is 1. The van der Waals surface area contributed by atoms with Gasteiger partial charge >= 0.3 is 5.97 Å². The first-order chi connectivity index (χ1) is 13.8. The predicted octanol–water partition coefficient (Wildman–Crippen LogP) is 1.52. The summed E-state index contributed by atoms with van der Waals surface area (Å²) in [6.45, 7) is 3.80. The molecule has 160 valence electrons. The Balaban J connectivity index is 1.87. The van der Waals surface area contributed by atoms with Gasteiger partial charge in [0, 0.05) is 32.8 Å². The van der Waals surface area contributed by atoms with Gasteiger partial charge in [0.1, 0.15) is 0 Å². The van der Waals surface area contributed by atoms with Gasteiger partial charge in [0.05, 0.1) is 18.1 Å². The summed E-state index contributed by atoms with van der Waals surface area (Å²) in [4.78, 5) is 25.4. The summed E-state index contributed by atoms with van der Waals surface area (Å²) in [5.41, 5.74) is 0.647. The van der Waals surface area contributed by atoms with Gasteiger partial charge in [-0.05, 0) is 30.2 Å². The van der Waals surface area contributed by atoms with Crippen LogP contribution in [-0.2, 0) is 29.1 Å². The van der Waals surface area contributed by atoms with Crippen LogP contribution in [0.2, 0.25) is 0 Å². The smallest absolute Gasteiger partial charge is 0.331 e. The fourth-order valence-corrected chi connectivity index (χ4v) is 4.07. The first kappa shape index (κ1) is 23.1. The maximum atomic E-state index is 12.6. The molecule has 1 aliphatic heterocycles. The summed E-state index contributed by atoms with van der Waals surface area (Å²) in [5, 5.41) is 0. The Bertz CT molecular complexity index is 814. The number of morpholine rings is 1. The van der Waals surface area contributed by atoms with Gasteiger partial charge in [0.2, 0.25) is 10.0 Å². The Morgan fingerprint density at radius 2 is 1.86 bits per heavy atom. The molecular formula is C20H28N2O6S. The van der Waals surface area contributed by atoms with E-state index in [-0.39, 0.29) is 17.4 Å². The molecule has 1 amide bonds. The van der Waals surface area contributed by atoms with E-state index in [4.69, 9.17) is 9.47 Å². The van der Waals surface area contributed by atoms with Gasteiger partial charge in [-0.25, -0.2) is 13.2 Å². The lowest BCUT2D eigenvalue weighted by Crippen LogP contribution is -2.40. The molecule has 0 saturated carbocycles. The summed E-state index contributed by atoms with van der Waals surface area (Å²) in [7, 11) is -1.87. The molecule has 8 nitrogen and oxygen atoms in total. The number of ether oxygens (including phenoxy) is 2. The molecule has 1 saturated heterocycles. The number of rotatable bonds is 9. The molecule has 0 N–H and O–H groups in total. The number of hydrogen-bond acceptors (Lipinski definition) is 6. The Morgan fingerprint density at radius 1 is 1.21 bits per heavy atom. The van der Waals surface area contributed by atoms with E-state index in [1.54, 1.807) is 19.2 Å². The summed E-state index contributed by atoms with van der Waals surface area (Å²) >= 11 is 0. The predicted molar refractivity (Wildman–Crippen MR) is 109 cm³/mol. The highest BCUT2D eigenvalue weighted by Gasteiger charge is 2.25. The summed E-state index contributed by atoms with van der Waals surface area (Å²) in [6, 6.07) is 6.23. The maximum absolute atomic E-state index is 12.6.